The molecule has 8 heteroatoms. The zero-order valence-corrected chi connectivity index (χ0v) is 16.3. The third-order valence-corrected chi connectivity index (χ3v) is 5.81. The highest BCUT2D eigenvalue weighted by molar-refractivity contribution is 6.22. The van der Waals surface area contributed by atoms with Crippen LogP contribution in [0, 0.1) is 27.9 Å². The normalized spacial score (nSPS) is 23.2. The zero-order valence-electron chi connectivity index (χ0n) is 16.3. The number of ether oxygens (including phenoxy) is 1. The predicted octanol–water partition coefficient (Wildman–Crippen LogP) is 3.74. The number of carbonyl (C=O) groups excluding carboxylic acids is 3. The fourth-order valence-electron chi connectivity index (χ4n) is 4.19. The maximum Gasteiger partial charge on any atom is 0.343 e. The predicted molar refractivity (Wildman–Crippen MR) is 107 cm³/mol. The Morgan fingerprint density at radius 2 is 1.63 bits per heavy atom. The second-order valence-electron chi connectivity index (χ2n) is 7.83. The van der Waals surface area contributed by atoms with Gasteiger partial charge in [0.25, 0.3) is 5.69 Å². The molecule has 3 atom stereocenters. The van der Waals surface area contributed by atoms with Crippen molar-refractivity contribution in [3.05, 3.63) is 64.2 Å². The van der Waals surface area contributed by atoms with Crippen LogP contribution in [0.25, 0.3) is 0 Å². The molecule has 2 aliphatic rings. The van der Waals surface area contributed by atoms with Crippen LogP contribution in [-0.4, -0.2) is 22.7 Å². The van der Waals surface area contributed by atoms with Crippen LogP contribution in [0.15, 0.2) is 48.5 Å². The van der Waals surface area contributed by atoms with Gasteiger partial charge >= 0.3 is 5.97 Å². The van der Waals surface area contributed by atoms with E-state index in [4.69, 9.17) is 4.74 Å². The van der Waals surface area contributed by atoms with Crippen LogP contribution in [-0.2, 0) is 9.59 Å². The van der Waals surface area contributed by atoms with Crippen molar-refractivity contribution < 1.29 is 24.0 Å². The zero-order chi connectivity index (χ0) is 21.4. The molecule has 0 N–H and O–H groups in total. The number of esters is 1. The summed E-state index contributed by atoms with van der Waals surface area (Å²) in [5.41, 5.74) is 0.579. The van der Waals surface area contributed by atoms with Gasteiger partial charge in [0.1, 0.15) is 5.75 Å². The van der Waals surface area contributed by atoms with E-state index >= 15 is 0 Å². The summed E-state index contributed by atoms with van der Waals surface area (Å²) in [6.45, 7) is 2.10. The van der Waals surface area contributed by atoms with E-state index in [0.717, 1.165) is 19.3 Å². The van der Waals surface area contributed by atoms with Gasteiger partial charge in [0.15, 0.2) is 0 Å². The number of fused-ring (bicyclic) bond motifs is 1. The smallest absolute Gasteiger partial charge is 0.343 e. The average Bonchev–Trinajstić information content (AvgIpc) is 2.98. The summed E-state index contributed by atoms with van der Waals surface area (Å²) in [6, 6.07) is 11.3. The highest BCUT2D eigenvalue weighted by Crippen LogP contribution is 2.42. The van der Waals surface area contributed by atoms with E-state index in [1.807, 2.05) is 0 Å². The molecule has 8 nitrogen and oxygen atoms in total. The molecular formula is C22H20N2O6. The van der Waals surface area contributed by atoms with Crippen LogP contribution in [0.2, 0.25) is 0 Å². The Balaban J connectivity index is 1.47. The van der Waals surface area contributed by atoms with Crippen molar-refractivity contribution in [2.75, 3.05) is 4.90 Å². The van der Waals surface area contributed by atoms with Gasteiger partial charge in [0, 0.05) is 12.1 Å². The number of anilines is 1. The summed E-state index contributed by atoms with van der Waals surface area (Å²) in [5.74, 6) is -0.876. The molecule has 0 spiro atoms. The second kappa shape index (κ2) is 7.70. The van der Waals surface area contributed by atoms with Gasteiger partial charge in [0.05, 0.1) is 28.0 Å². The molecule has 0 unspecified atom stereocenters. The number of nitro groups is 1. The molecule has 2 fully saturated rings. The van der Waals surface area contributed by atoms with Crippen LogP contribution in [0.4, 0.5) is 11.4 Å². The molecular weight excluding hydrogens is 388 g/mol. The molecule has 1 saturated heterocycles. The Morgan fingerprint density at radius 3 is 2.27 bits per heavy atom. The lowest BCUT2D eigenvalue weighted by Crippen LogP contribution is -2.30. The van der Waals surface area contributed by atoms with Crippen molar-refractivity contribution in [1.82, 2.24) is 0 Å². The van der Waals surface area contributed by atoms with Gasteiger partial charge in [0.2, 0.25) is 11.8 Å². The first-order valence-corrected chi connectivity index (χ1v) is 9.79. The third-order valence-electron chi connectivity index (χ3n) is 5.81. The summed E-state index contributed by atoms with van der Waals surface area (Å²) in [6.07, 6.45) is 2.40. The van der Waals surface area contributed by atoms with E-state index < -0.39 is 10.9 Å². The fourth-order valence-corrected chi connectivity index (χ4v) is 4.19. The quantitative estimate of drug-likeness (QED) is 0.251. The van der Waals surface area contributed by atoms with Crippen LogP contribution in [0.5, 0.6) is 5.75 Å². The average molecular weight is 408 g/mol. The number of rotatable bonds is 4. The Hall–Kier alpha value is -3.55. The lowest BCUT2D eigenvalue weighted by atomic mass is 9.76. The molecule has 1 saturated carbocycles. The molecule has 0 bridgehead atoms. The SMILES string of the molecule is C[C@H]1CC[C@@H]2C(=O)N(c3ccc(C(=O)Oc4ccc([N+](=O)[O-])cc4)cc3)C(=O)[C@@H]2C1. The summed E-state index contributed by atoms with van der Waals surface area (Å²) >= 11 is 0. The molecule has 2 amide bonds. The van der Waals surface area contributed by atoms with E-state index in [0.29, 0.717) is 11.6 Å². The van der Waals surface area contributed by atoms with Crippen LogP contribution < -0.4 is 9.64 Å². The van der Waals surface area contributed by atoms with E-state index in [2.05, 4.69) is 6.92 Å². The lowest BCUT2D eigenvalue weighted by Gasteiger charge is -2.25. The summed E-state index contributed by atoms with van der Waals surface area (Å²) in [5, 5.41) is 10.7. The highest BCUT2D eigenvalue weighted by atomic mass is 16.6. The number of imide groups is 1. The monoisotopic (exact) mass is 408 g/mol. The number of carbonyl (C=O) groups is 3. The first-order chi connectivity index (χ1) is 14.3. The number of hydrogen-bond acceptors (Lipinski definition) is 6. The number of amides is 2. The molecule has 30 heavy (non-hydrogen) atoms. The van der Waals surface area contributed by atoms with Crippen molar-refractivity contribution in [2.45, 2.75) is 26.2 Å². The third kappa shape index (κ3) is 3.56. The summed E-state index contributed by atoms with van der Waals surface area (Å²) < 4.78 is 5.22. The molecule has 4 rings (SSSR count). The van der Waals surface area contributed by atoms with Crippen molar-refractivity contribution >= 4 is 29.2 Å². The highest BCUT2D eigenvalue weighted by Gasteiger charge is 2.49. The van der Waals surface area contributed by atoms with Crippen molar-refractivity contribution in [2.24, 2.45) is 17.8 Å². The second-order valence-corrected chi connectivity index (χ2v) is 7.83. The Labute approximate surface area is 172 Å². The van der Waals surface area contributed by atoms with Gasteiger partial charge in [-0.15, -0.1) is 0 Å². The Kier molecular flexibility index (Phi) is 5.07. The van der Waals surface area contributed by atoms with Crippen molar-refractivity contribution in [3.8, 4) is 5.75 Å². The van der Waals surface area contributed by atoms with Gasteiger partial charge < -0.3 is 4.74 Å². The van der Waals surface area contributed by atoms with Gasteiger partial charge in [-0.25, -0.2) is 4.79 Å². The number of nitrogens with zero attached hydrogens (tertiary/aromatic N) is 2. The Bertz CT molecular complexity index is 1010. The minimum absolute atomic E-state index is 0.103. The van der Waals surface area contributed by atoms with Gasteiger partial charge in [-0.2, -0.15) is 0 Å². The van der Waals surface area contributed by atoms with Gasteiger partial charge in [-0.1, -0.05) is 6.92 Å². The lowest BCUT2D eigenvalue weighted by molar-refractivity contribution is -0.384. The molecule has 2 aromatic rings. The van der Waals surface area contributed by atoms with Crippen molar-refractivity contribution in [3.63, 3.8) is 0 Å². The topological polar surface area (TPSA) is 107 Å². The molecule has 2 aromatic carbocycles. The number of nitro benzene ring substituents is 1. The first-order valence-electron chi connectivity index (χ1n) is 9.79. The summed E-state index contributed by atoms with van der Waals surface area (Å²) in [7, 11) is 0. The molecule has 1 aliphatic carbocycles. The van der Waals surface area contributed by atoms with E-state index in [1.54, 1.807) is 12.1 Å². The minimum atomic E-state index is -0.642. The first kappa shape index (κ1) is 19.8. The minimum Gasteiger partial charge on any atom is -0.423 e. The van der Waals surface area contributed by atoms with E-state index in [-0.39, 0.29) is 40.7 Å². The molecule has 0 radical (unpaired) electrons. The molecule has 1 aliphatic heterocycles. The molecule has 0 aromatic heterocycles. The van der Waals surface area contributed by atoms with Crippen LogP contribution in [0.1, 0.15) is 36.5 Å². The van der Waals surface area contributed by atoms with Gasteiger partial charge in [-0.3, -0.25) is 24.6 Å². The fraction of sp³-hybridized carbons (Fsp3) is 0.318. The molecule has 154 valence electrons. The standard InChI is InChI=1S/C22H20N2O6/c1-13-2-11-18-19(12-13)21(26)23(20(18)25)15-5-3-14(4-6-15)22(27)30-17-9-7-16(8-10-17)24(28)29/h3-10,13,18-19H,2,11-12H2,1H3/t13-,18-,19+/m0/s1. The van der Waals surface area contributed by atoms with Crippen molar-refractivity contribution in [1.29, 1.82) is 0 Å². The maximum atomic E-state index is 12.8. The maximum absolute atomic E-state index is 12.8. The summed E-state index contributed by atoms with van der Waals surface area (Å²) in [4.78, 5) is 49.3. The van der Waals surface area contributed by atoms with Crippen LogP contribution in [0.3, 0.4) is 0 Å². The number of non-ortho nitro benzene ring substituents is 1. The van der Waals surface area contributed by atoms with Crippen LogP contribution >= 0.6 is 0 Å². The Morgan fingerprint density at radius 1 is 1.00 bits per heavy atom. The molecule has 1 heterocycles. The van der Waals surface area contributed by atoms with E-state index in [9.17, 15) is 24.5 Å². The largest absolute Gasteiger partial charge is 0.423 e. The van der Waals surface area contributed by atoms with Gasteiger partial charge in [-0.05, 0) is 61.6 Å². The van der Waals surface area contributed by atoms with E-state index in [1.165, 1.54) is 41.3 Å². The number of benzene rings is 2. The number of hydrogen-bond donors (Lipinski definition) is 0.